The maximum Gasteiger partial charge on any atom is 0.161 e. The maximum atomic E-state index is 4.74. The largest absolute Gasteiger partial charge is 0.312 e. The first kappa shape index (κ1) is 18.1. The molecule has 0 atom stereocenters. The molecule has 0 amide bonds. The third-order valence-electron chi connectivity index (χ3n) is 5.31. The summed E-state index contributed by atoms with van der Waals surface area (Å²) in [6.07, 6.45) is 5.68. The van der Waals surface area contributed by atoms with E-state index in [1.807, 2.05) is 0 Å². The number of halogens is 1. The first-order valence-electron chi connectivity index (χ1n) is 9.46. The first-order valence-corrected chi connectivity index (χ1v) is 10.5. The molecule has 0 N–H and O–H groups in total. The SMILES string of the molecule is Ic1cn(C(c2ccccc2)(c2ccccc2)c2ccccc2)c2nccnc12. The lowest BCUT2D eigenvalue weighted by atomic mass is 9.76. The van der Waals surface area contributed by atoms with Crippen LogP contribution in [0.5, 0.6) is 0 Å². The smallest absolute Gasteiger partial charge is 0.161 e. The highest BCUT2D eigenvalue weighted by atomic mass is 127. The fraction of sp³-hybridized carbons (Fsp3) is 0.0400. The zero-order valence-corrected chi connectivity index (χ0v) is 17.8. The minimum atomic E-state index is -0.568. The molecule has 0 aliphatic carbocycles. The van der Waals surface area contributed by atoms with Crippen LogP contribution in [-0.2, 0) is 5.54 Å². The van der Waals surface area contributed by atoms with Crippen molar-refractivity contribution in [3.05, 3.63) is 130 Å². The van der Waals surface area contributed by atoms with Crippen molar-refractivity contribution in [2.45, 2.75) is 5.54 Å². The summed E-state index contributed by atoms with van der Waals surface area (Å²) < 4.78 is 3.36. The zero-order chi connectivity index (χ0) is 19.7. The van der Waals surface area contributed by atoms with Crippen molar-refractivity contribution >= 4 is 33.8 Å². The van der Waals surface area contributed by atoms with E-state index < -0.39 is 5.54 Å². The number of nitrogens with zero attached hydrogens (tertiary/aromatic N) is 3. The van der Waals surface area contributed by atoms with Crippen LogP contribution in [0.3, 0.4) is 0 Å². The monoisotopic (exact) mass is 487 g/mol. The van der Waals surface area contributed by atoms with E-state index >= 15 is 0 Å². The second-order valence-electron chi connectivity index (χ2n) is 6.88. The summed E-state index contributed by atoms with van der Waals surface area (Å²) >= 11 is 2.35. The number of aromatic nitrogens is 3. The van der Waals surface area contributed by atoms with Gasteiger partial charge in [-0.05, 0) is 39.3 Å². The lowest BCUT2D eigenvalue weighted by molar-refractivity contribution is 0.529. The van der Waals surface area contributed by atoms with Gasteiger partial charge >= 0.3 is 0 Å². The molecular weight excluding hydrogens is 469 g/mol. The van der Waals surface area contributed by atoms with Crippen LogP contribution in [0.25, 0.3) is 11.2 Å². The summed E-state index contributed by atoms with van der Waals surface area (Å²) in [5.41, 5.74) is 4.75. The molecule has 3 nitrogen and oxygen atoms in total. The van der Waals surface area contributed by atoms with Gasteiger partial charge in [-0.15, -0.1) is 0 Å². The van der Waals surface area contributed by atoms with E-state index in [0.29, 0.717) is 0 Å². The molecule has 4 heteroatoms. The zero-order valence-electron chi connectivity index (χ0n) is 15.6. The van der Waals surface area contributed by atoms with Crippen molar-refractivity contribution in [2.75, 3.05) is 0 Å². The van der Waals surface area contributed by atoms with Crippen LogP contribution in [0.15, 0.2) is 110 Å². The molecule has 0 aliphatic rings. The van der Waals surface area contributed by atoms with Crippen LogP contribution < -0.4 is 0 Å². The molecule has 0 unspecified atom stereocenters. The lowest BCUT2D eigenvalue weighted by Crippen LogP contribution is -2.37. The molecular formula is C25H18IN3. The van der Waals surface area contributed by atoms with E-state index in [-0.39, 0.29) is 0 Å². The Kier molecular flexibility index (Phi) is 4.64. The highest BCUT2D eigenvalue weighted by molar-refractivity contribution is 14.1. The molecule has 140 valence electrons. The average molecular weight is 487 g/mol. The fourth-order valence-electron chi connectivity index (χ4n) is 4.12. The van der Waals surface area contributed by atoms with Gasteiger partial charge in [0.05, 0.1) is 3.57 Å². The van der Waals surface area contributed by atoms with Gasteiger partial charge in [-0.2, -0.15) is 0 Å². The van der Waals surface area contributed by atoms with Crippen molar-refractivity contribution in [1.82, 2.24) is 14.5 Å². The Hall–Kier alpha value is -2.99. The Morgan fingerprint density at radius 1 is 0.621 bits per heavy atom. The van der Waals surface area contributed by atoms with Crippen molar-refractivity contribution in [3.63, 3.8) is 0 Å². The van der Waals surface area contributed by atoms with E-state index in [1.54, 1.807) is 12.4 Å². The normalized spacial score (nSPS) is 11.6. The highest BCUT2D eigenvalue weighted by Gasteiger charge is 2.39. The molecule has 0 bridgehead atoms. The minimum Gasteiger partial charge on any atom is -0.312 e. The Morgan fingerprint density at radius 2 is 1.07 bits per heavy atom. The summed E-state index contributed by atoms with van der Waals surface area (Å²) in [6, 6.07) is 31.9. The number of hydrogen-bond donors (Lipinski definition) is 0. The second kappa shape index (κ2) is 7.44. The van der Waals surface area contributed by atoms with Crippen LogP contribution in [0.2, 0.25) is 0 Å². The Bertz CT molecular complexity index is 1150. The van der Waals surface area contributed by atoms with Gasteiger partial charge in [0.1, 0.15) is 11.1 Å². The summed E-state index contributed by atoms with van der Waals surface area (Å²) in [6.45, 7) is 0. The van der Waals surface area contributed by atoms with Gasteiger partial charge in [0.2, 0.25) is 0 Å². The molecule has 5 rings (SSSR count). The molecule has 2 aromatic heterocycles. The van der Waals surface area contributed by atoms with E-state index in [1.165, 1.54) is 16.7 Å². The quantitative estimate of drug-likeness (QED) is 0.234. The number of rotatable bonds is 4. The molecule has 0 radical (unpaired) electrons. The van der Waals surface area contributed by atoms with Crippen molar-refractivity contribution < 1.29 is 0 Å². The molecule has 3 aromatic carbocycles. The standard InChI is InChI=1S/C25H18IN3/c26-22-18-29(24-23(22)27-16-17-28-24)25(19-10-4-1-5-11-19,20-12-6-2-7-13-20)21-14-8-3-9-15-21/h1-18H. The second-order valence-corrected chi connectivity index (χ2v) is 8.05. The van der Waals surface area contributed by atoms with Gasteiger partial charge in [0.25, 0.3) is 0 Å². The van der Waals surface area contributed by atoms with Gasteiger partial charge in [-0.25, -0.2) is 4.98 Å². The van der Waals surface area contributed by atoms with E-state index in [4.69, 9.17) is 4.98 Å². The highest BCUT2D eigenvalue weighted by Crippen LogP contribution is 2.43. The maximum absolute atomic E-state index is 4.74. The van der Waals surface area contributed by atoms with Crippen molar-refractivity contribution in [2.24, 2.45) is 0 Å². The third kappa shape index (κ3) is 2.86. The lowest BCUT2D eigenvalue weighted by Gasteiger charge is -2.38. The predicted octanol–water partition coefficient (Wildman–Crippen LogP) is 5.88. The van der Waals surface area contributed by atoms with Crippen LogP contribution in [0, 0.1) is 3.57 Å². The van der Waals surface area contributed by atoms with Gasteiger partial charge in [0, 0.05) is 18.6 Å². The summed E-state index contributed by atoms with van der Waals surface area (Å²) in [5, 5.41) is 0. The molecule has 0 spiro atoms. The van der Waals surface area contributed by atoms with E-state index in [0.717, 1.165) is 14.7 Å². The predicted molar refractivity (Wildman–Crippen MR) is 125 cm³/mol. The van der Waals surface area contributed by atoms with Crippen molar-refractivity contribution in [3.8, 4) is 0 Å². The van der Waals surface area contributed by atoms with E-state index in [9.17, 15) is 0 Å². The Labute approximate surface area is 183 Å². The van der Waals surface area contributed by atoms with E-state index in [2.05, 4.69) is 129 Å². The molecule has 0 saturated heterocycles. The Morgan fingerprint density at radius 3 is 1.55 bits per heavy atom. The number of hydrogen-bond acceptors (Lipinski definition) is 2. The van der Waals surface area contributed by atoms with Gasteiger partial charge in [-0.3, -0.25) is 4.98 Å². The summed E-state index contributed by atoms with van der Waals surface area (Å²) in [5.74, 6) is 0. The fourth-order valence-corrected chi connectivity index (χ4v) is 4.78. The number of benzene rings is 3. The molecule has 2 heterocycles. The van der Waals surface area contributed by atoms with Crippen molar-refractivity contribution in [1.29, 1.82) is 0 Å². The topological polar surface area (TPSA) is 30.7 Å². The summed E-state index contributed by atoms with van der Waals surface area (Å²) in [4.78, 5) is 9.35. The Balaban J connectivity index is 1.99. The molecule has 29 heavy (non-hydrogen) atoms. The third-order valence-corrected chi connectivity index (χ3v) is 6.10. The van der Waals surface area contributed by atoms with Crippen LogP contribution in [0.4, 0.5) is 0 Å². The molecule has 0 fully saturated rings. The molecule has 5 aromatic rings. The van der Waals surface area contributed by atoms with Crippen LogP contribution >= 0.6 is 22.6 Å². The minimum absolute atomic E-state index is 0.568. The van der Waals surface area contributed by atoms with Crippen LogP contribution in [-0.4, -0.2) is 14.5 Å². The van der Waals surface area contributed by atoms with Gasteiger partial charge in [-0.1, -0.05) is 91.0 Å². The first-order chi connectivity index (χ1) is 14.3. The van der Waals surface area contributed by atoms with Gasteiger partial charge < -0.3 is 4.57 Å². The summed E-state index contributed by atoms with van der Waals surface area (Å²) in [7, 11) is 0. The van der Waals surface area contributed by atoms with Gasteiger partial charge in [0.15, 0.2) is 5.65 Å². The molecule has 0 aliphatic heterocycles. The average Bonchev–Trinajstić information content (AvgIpc) is 3.14. The van der Waals surface area contributed by atoms with Crippen LogP contribution in [0.1, 0.15) is 16.7 Å². The number of fused-ring (bicyclic) bond motifs is 1. The molecule has 0 saturated carbocycles.